The number of likely N-dealkylation sites (tertiary alicyclic amines) is 1. The molecule has 7 nitrogen and oxygen atoms in total. The van der Waals surface area contributed by atoms with Crippen LogP contribution < -0.4 is 5.32 Å². The second-order valence-corrected chi connectivity index (χ2v) is 9.94. The third-order valence-electron chi connectivity index (χ3n) is 6.92. The number of hydrogen-bond acceptors (Lipinski definition) is 5. The minimum absolute atomic E-state index is 0.223. The van der Waals surface area contributed by atoms with Crippen LogP contribution in [0.25, 0.3) is 0 Å². The molecule has 0 aromatic rings. The Bertz CT molecular complexity index is 584. The molecular weight excluding hydrogens is 444 g/mol. The highest BCUT2D eigenvalue weighted by atomic mass is 16.5. The van der Waals surface area contributed by atoms with Crippen molar-refractivity contribution in [3.05, 3.63) is 0 Å². The van der Waals surface area contributed by atoms with E-state index < -0.39 is 30.6 Å². The van der Waals surface area contributed by atoms with Crippen LogP contribution >= 0.6 is 0 Å². The maximum absolute atomic E-state index is 12.8. The van der Waals surface area contributed by atoms with Crippen LogP contribution in [0.1, 0.15) is 129 Å². The number of unbranched alkanes of at least 4 members (excludes halogenated alkanes) is 14. The quantitative estimate of drug-likeness (QED) is 0.166. The van der Waals surface area contributed by atoms with E-state index in [1.54, 1.807) is 6.92 Å². The Kier molecular flexibility index (Phi) is 18.4. The van der Waals surface area contributed by atoms with Gasteiger partial charge in [0, 0.05) is 13.0 Å². The molecule has 0 aromatic heterocycles. The third-order valence-corrected chi connectivity index (χ3v) is 6.92. The Labute approximate surface area is 213 Å². The Hall–Kier alpha value is -1.63. The van der Waals surface area contributed by atoms with Crippen LogP contribution in [0.15, 0.2) is 0 Å². The number of nitrogens with one attached hydrogen (secondary N) is 1. The van der Waals surface area contributed by atoms with Gasteiger partial charge in [0.05, 0.1) is 13.2 Å². The molecule has 1 saturated heterocycles. The summed E-state index contributed by atoms with van der Waals surface area (Å²) in [5, 5.41) is 12.3. The van der Waals surface area contributed by atoms with Crippen molar-refractivity contribution in [2.45, 2.75) is 142 Å². The highest BCUT2D eigenvalue weighted by Crippen LogP contribution is 2.20. The number of hydrogen-bond donors (Lipinski definition) is 2. The van der Waals surface area contributed by atoms with Gasteiger partial charge < -0.3 is 20.1 Å². The van der Waals surface area contributed by atoms with Gasteiger partial charge in [0.2, 0.25) is 11.8 Å². The normalized spacial score (nSPS) is 16.3. The molecule has 1 heterocycles. The van der Waals surface area contributed by atoms with Gasteiger partial charge in [-0.15, -0.1) is 0 Å². The molecule has 0 bridgehead atoms. The monoisotopic (exact) mass is 496 g/mol. The molecule has 2 N–H and O–H groups in total. The van der Waals surface area contributed by atoms with Gasteiger partial charge in [-0.3, -0.25) is 9.59 Å². The van der Waals surface area contributed by atoms with Crippen LogP contribution in [0.5, 0.6) is 0 Å². The first-order valence-electron chi connectivity index (χ1n) is 14.4. The maximum Gasteiger partial charge on any atom is 0.328 e. The summed E-state index contributed by atoms with van der Waals surface area (Å²) in [7, 11) is 0. The van der Waals surface area contributed by atoms with E-state index in [4.69, 9.17) is 4.74 Å². The summed E-state index contributed by atoms with van der Waals surface area (Å²) in [6, 6.07) is -1.63. The van der Waals surface area contributed by atoms with E-state index in [1.807, 2.05) is 0 Å². The zero-order valence-electron chi connectivity index (χ0n) is 22.5. The average molecular weight is 497 g/mol. The van der Waals surface area contributed by atoms with Gasteiger partial charge in [-0.25, -0.2) is 4.79 Å². The van der Waals surface area contributed by atoms with E-state index in [1.165, 1.54) is 81.9 Å². The summed E-state index contributed by atoms with van der Waals surface area (Å²) in [5.74, 6) is -1.05. The second kappa shape index (κ2) is 20.6. The predicted octanol–water partition coefficient (Wildman–Crippen LogP) is 5.28. The number of ether oxygens (including phenoxy) is 1. The van der Waals surface area contributed by atoms with E-state index in [9.17, 15) is 19.5 Å². The van der Waals surface area contributed by atoms with Gasteiger partial charge in [-0.05, 0) is 26.2 Å². The van der Waals surface area contributed by atoms with Gasteiger partial charge >= 0.3 is 5.97 Å². The molecule has 0 aromatic carbocycles. The molecule has 1 aliphatic heterocycles. The van der Waals surface area contributed by atoms with Gasteiger partial charge in [0.25, 0.3) is 0 Å². The van der Waals surface area contributed by atoms with E-state index in [0.717, 1.165) is 19.3 Å². The van der Waals surface area contributed by atoms with Crippen molar-refractivity contribution in [3.63, 3.8) is 0 Å². The Morgan fingerprint density at radius 2 is 1.37 bits per heavy atom. The standard InChI is InChI=1S/C28H52N2O5/c1-3-5-6-7-8-9-10-11-12-13-14-15-16-17-18-21-26(32)29-24(23-31)27(33)30-22-19-20-25(30)28(34)35-4-2/h24-25,31H,3-23H2,1-2H3,(H,29,32)/t24-,25+/m1/s1. The van der Waals surface area contributed by atoms with Crippen LogP contribution in [0, 0.1) is 0 Å². The minimum Gasteiger partial charge on any atom is -0.464 e. The Morgan fingerprint density at radius 3 is 1.86 bits per heavy atom. The molecule has 204 valence electrons. The van der Waals surface area contributed by atoms with E-state index in [-0.39, 0.29) is 12.5 Å². The molecule has 1 fully saturated rings. The van der Waals surface area contributed by atoms with E-state index in [2.05, 4.69) is 12.2 Å². The van der Waals surface area contributed by atoms with Gasteiger partial charge in [0.15, 0.2) is 0 Å². The van der Waals surface area contributed by atoms with Crippen molar-refractivity contribution in [1.29, 1.82) is 0 Å². The molecule has 2 atom stereocenters. The van der Waals surface area contributed by atoms with Gasteiger partial charge in [0.1, 0.15) is 12.1 Å². The lowest BCUT2D eigenvalue weighted by Crippen LogP contribution is -2.53. The summed E-state index contributed by atoms with van der Waals surface area (Å²) < 4.78 is 5.06. The summed E-state index contributed by atoms with van der Waals surface area (Å²) >= 11 is 0. The second-order valence-electron chi connectivity index (χ2n) is 9.94. The van der Waals surface area contributed by atoms with E-state index in [0.29, 0.717) is 25.8 Å². The zero-order valence-corrected chi connectivity index (χ0v) is 22.5. The summed E-state index contributed by atoms with van der Waals surface area (Å²) in [4.78, 5) is 38.6. The molecule has 0 unspecified atom stereocenters. The first-order valence-corrected chi connectivity index (χ1v) is 14.4. The minimum atomic E-state index is -1.01. The van der Waals surface area contributed by atoms with Crippen molar-refractivity contribution < 1.29 is 24.2 Å². The fourth-order valence-corrected chi connectivity index (χ4v) is 4.82. The number of aliphatic hydroxyl groups excluding tert-OH is 1. The molecule has 0 spiro atoms. The van der Waals surface area contributed by atoms with Crippen molar-refractivity contribution in [3.8, 4) is 0 Å². The third kappa shape index (κ3) is 13.9. The first-order chi connectivity index (χ1) is 17.0. The predicted molar refractivity (Wildman–Crippen MR) is 140 cm³/mol. The molecule has 2 amide bonds. The van der Waals surface area contributed by atoms with Gasteiger partial charge in [-0.2, -0.15) is 0 Å². The molecule has 1 aliphatic rings. The van der Waals surface area contributed by atoms with Crippen molar-refractivity contribution in [2.24, 2.45) is 0 Å². The Balaban J connectivity index is 2.08. The lowest BCUT2D eigenvalue weighted by molar-refractivity contribution is -0.154. The SMILES string of the molecule is CCCCCCCCCCCCCCCCCC(=O)N[C@H](CO)C(=O)N1CCC[C@H]1C(=O)OCC. The molecule has 0 aliphatic carbocycles. The molecule has 1 rings (SSSR count). The molecule has 7 heteroatoms. The van der Waals surface area contributed by atoms with Crippen LogP contribution in [-0.2, 0) is 19.1 Å². The van der Waals surface area contributed by atoms with Crippen LogP contribution in [0.2, 0.25) is 0 Å². The average Bonchev–Trinajstić information content (AvgIpc) is 3.35. The number of carbonyl (C=O) groups excluding carboxylic acids is 3. The van der Waals surface area contributed by atoms with Crippen LogP contribution in [0.4, 0.5) is 0 Å². The summed E-state index contributed by atoms with van der Waals surface area (Å²) in [5.41, 5.74) is 0. The number of rotatable bonds is 21. The highest BCUT2D eigenvalue weighted by Gasteiger charge is 2.38. The van der Waals surface area contributed by atoms with Crippen LogP contribution in [0.3, 0.4) is 0 Å². The van der Waals surface area contributed by atoms with Gasteiger partial charge in [-0.1, -0.05) is 96.8 Å². The van der Waals surface area contributed by atoms with Crippen molar-refractivity contribution in [2.75, 3.05) is 19.8 Å². The number of carbonyl (C=O) groups is 3. The number of esters is 1. The fourth-order valence-electron chi connectivity index (χ4n) is 4.82. The lowest BCUT2D eigenvalue weighted by Gasteiger charge is -2.27. The van der Waals surface area contributed by atoms with E-state index >= 15 is 0 Å². The maximum atomic E-state index is 12.8. The molecule has 35 heavy (non-hydrogen) atoms. The Morgan fingerprint density at radius 1 is 0.857 bits per heavy atom. The van der Waals surface area contributed by atoms with Crippen molar-refractivity contribution >= 4 is 17.8 Å². The summed E-state index contributed by atoms with van der Waals surface area (Å²) in [6.45, 7) is 4.21. The first kappa shape index (κ1) is 31.4. The molecule has 0 radical (unpaired) electrons. The smallest absolute Gasteiger partial charge is 0.328 e. The van der Waals surface area contributed by atoms with Crippen molar-refractivity contribution in [1.82, 2.24) is 10.2 Å². The number of nitrogens with zero attached hydrogens (tertiary/aromatic N) is 1. The number of aliphatic hydroxyl groups is 1. The lowest BCUT2D eigenvalue weighted by atomic mass is 10.0. The van der Waals surface area contributed by atoms with Crippen LogP contribution in [-0.4, -0.2) is 59.6 Å². The largest absolute Gasteiger partial charge is 0.464 e. The highest BCUT2D eigenvalue weighted by molar-refractivity contribution is 5.91. The number of amides is 2. The topological polar surface area (TPSA) is 95.9 Å². The summed E-state index contributed by atoms with van der Waals surface area (Å²) in [6.07, 6.45) is 20.6. The fraction of sp³-hybridized carbons (Fsp3) is 0.893. The molecular formula is C28H52N2O5. The zero-order chi connectivity index (χ0) is 25.7. The molecule has 0 saturated carbocycles.